The molecular formula is C50H32N2. The highest BCUT2D eigenvalue weighted by atomic mass is 15.0. The Morgan fingerprint density at radius 1 is 0.288 bits per heavy atom. The summed E-state index contributed by atoms with van der Waals surface area (Å²) >= 11 is 0. The van der Waals surface area contributed by atoms with E-state index < -0.39 is 0 Å². The first-order valence-electron chi connectivity index (χ1n) is 17.9. The van der Waals surface area contributed by atoms with Gasteiger partial charge in [-0.1, -0.05) is 152 Å². The maximum atomic E-state index is 2.51. The standard InChI is InChI=1S/C50H32N2/c1-2-13-33(14-3-1)34-25-28-38(29-26-34)51-46-22-10-8-20-41(46)43-30-27-37(32-48(43)51)49-40-19-7-5-16-36(40)31-44-42-21-9-11-23-47(42)52(50(44)49)45-24-12-17-35-15-4-6-18-39(35)45/h1-32H. The fourth-order valence-corrected chi connectivity index (χ4v) is 8.57. The van der Waals surface area contributed by atoms with Crippen LogP contribution in [0.3, 0.4) is 0 Å². The molecule has 0 aliphatic rings. The van der Waals surface area contributed by atoms with Crippen LogP contribution in [0.15, 0.2) is 194 Å². The molecular weight excluding hydrogens is 629 g/mol. The minimum atomic E-state index is 1.15. The lowest BCUT2D eigenvalue weighted by Gasteiger charge is -2.16. The average molecular weight is 661 g/mol. The monoisotopic (exact) mass is 660 g/mol. The highest BCUT2D eigenvalue weighted by Crippen LogP contribution is 2.45. The zero-order chi connectivity index (χ0) is 34.2. The molecule has 0 fully saturated rings. The molecule has 0 N–H and O–H groups in total. The normalized spacial score (nSPS) is 11.8. The smallest absolute Gasteiger partial charge is 0.0626 e. The van der Waals surface area contributed by atoms with E-state index in [0.29, 0.717) is 0 Å². The van der Waals surface area contributed by atoms with Gasteiger partial charge in [-0.25, -0.2) is 0 Å². The summed E-state index contributed by atoms with van der Waals surface area (Å²) in [4.78, 5) is 0. The summed E-state index contributed by atoms with van der Waals surface area (Å²) in [5, 5.41) is 9.97. The summed E-state index contributed by atoms with van der Waals surface area (Å²) in [5.74, 6) is 0. The number of benzene rings is 9. The molecule has 0 saturated heterocycles. The molecule has 0 amide bonds. The van der Waals surface area contributed by atoms with Crippen LogP contribution in [-0.2, 0) is 0 Å². The Labute approximate surface area is 301 Å². The van der Waals surface area contributed by atoms with E-state index in [0.717, 1.165) is 5.69 Å². The lowest BCUT2D eigenvalue weighted by Crippen LogP contribution is -1.98. The van der Waals surface area contributed by atoms with Gasteiger partial charge in [-0.15, -0.1) is 0 Å². The highest BCUT2D eigenvalue weighted by Gasteiger charge is 2.22. The maximum absolute atomic E-state index is 2.51. The fraction of sp³-hybridized carbons (Fsp3) is 0. The second-order valence-electron chi connectivity index (χ2n) is 13.7. The Morgan fingerprint density at radius 2 is 0.846 bits per heavy atom. The van der Waals surface area contributed by atoms with Crippen LogP contribution in [0.4, 0.5) is 0 Å². The van der Waals surface area contributed by atoms with Gasteiger partial charge < -0.3 is 9.13 Å². The number of aromatic nitrogens is 2. The van der Waals surface area contributed by atoms with E-state index in [9.17, 15) is 0 Å². The van der Waals surface area contributed by atoms with Crippen molar-refractivity contribution < 1.29 is 0 Å². The van der Waals surface area contributed by atoms with Crippen molar-refractivity contribution in [1.29, 1.82) is 0 Å². The summed E-state index contributed by atoms with van der Waals surface area (Å²) in [6.07, 6.45) is 0. The Kier molecular flexibility index (Phi) is 6.28. The third kappa shape index (κ3) is 4.25. The molecule has 52 heavy (non-hydrogen) atoms. The molecule has 11 aromatic rings. The van der Waals surface area contributed by atoms with Gasteiger partial charge in [0.2, 0.25) is 0 Å². The van der Waals surface area contributed by atoms with E-state index in [2.05, 4.69) is 203 Å². The van der Waals surface area contributed by atoms with Gasteiger partial charge in [0.25, 0.3) is 0 Å². The third-order valence-corrected chi connectivity index (χ3v) is 10.9. The van der Waals surface area contributed by atoms with Gasteiger partial charge in [-0.3, -0.25) is 0 Å². The van der Waals surface area contributed by atoms with Crippen LogP contribution in [0.25, 0.3) is 98.8 Å². The molecule has 2 heteroatoms. The number of rotatable bonds is 4. The molecule has 0 saturated carbocycles. The van der Waals surface area contributed by atoms with Crippen LogP contribution in [0.5, 0.6) is 0 Å². The maximum Gasteiger partial charge on any atom is 0.0626 e. The first-order chi connectivity index (χ1) is 25.8. The molecule has 0 radical (unpaired) electrons. The molecule has 0 aliphatic carbocycles. The number of hydrogen-bond donors (Lipinski definition) is 0. The predicted molar refractivity (Wildman–Crippen MR) is 221 cm³/mol. The summed E-state index contributed by atoms with van der Waals surface area (Å²) < 4.78 is 4.95. The van der Waals surface area contributed by atoms with Crippen LogP contribution in [0.1, 0.15) is 0 Å². The molecule has 2 heterocycles. The van der Waals surface area contributed by atoms with E-state index >= 15 is 0 Å². The molecule has 2 aromatic heterocycles. The summed E-state index contributed by atoms with van der Waals surface area (Å²) in [6, 6.07) is 71.0. The van der Waals surface area contributed by atoms with E-state index in [1.165, 1.54) is 93.1 Å². The van der Waals surface area contributed by atoms with Gasteiger partial charge in [0.05, 0.1) is 27.8 Å². The molecule has 2 nitrogen and oxygen atoms in total. The van der Waals surface area contributed by atoms with Crippen molar-refractivity contribution in [3.8, 4) is 33.6 Å². The van der Waals surface area contributed by atoms with Gasteiger partial charge in [-0.05, 0) is 75.3 Å². The van der Waals surface area contributed by atoms with Gasteiger partial charge in [0, 0.05) is 38.2 Å². The molecule has 242 valence electrons. The van der Waals surface area contributed by atoms with Crippen molar-refractivity contribution in [2.45, 2.75) is 0 Å². The van der Waals surface area contributed by atoms with Gasteiger partial charge in [-0.2, -0.15) is 0 Å². The molecule has 11 rings (SSSR count). The topological polar surface area (TPSA) is 9.86 Å². The van der Waals surface area contributed by atoms with Gasteiger partial charge >= 0.3 is 0 Å². The lowest BCUT2D eigenvalue weighted by atomic mass is 9.94. The minimum absolute atomic E-state index is 1.15. The van der Waals surface area contributed by atoms with Crippen molar-refractivity contribution in [3.05, 3.63) is 194 Å². The van der Waals surface area contributed by atoms with Crippen molar-refractivity contribution in [2.75, 3.05) is 0 Å². The molecule has 0 spiro atoms. The highest BCUT2D eigenvalue weighted by molar-refractivity contribution is 6.22. The number of nitrogens with zero attached hydrogens (tertiary/aromatic N) is 2. The second-order valence-corrected chi connectivity index (χ2v) is 13.7. The van der Waals surface area contributed by atoms with Crippen molar-refractivity contribution >= 4 is 65.2 Å². The van der Waals surface area contributed by atoms with E-state index in [4.69, 9.17) is 0 Å². The van der Waals surface area contributed by atoms with Crippen molar-refractivity contribution in [2.24, 2.45) is 0 Å². The van der Waals surface area contributed by atoms with Crippen LogP contribution >= 0.6 is 0 Å². The summed E-state index contributed by atoms with van der Waals surface area (Å²) in [5.41, 5.74) is 12.1. The second kappa shape index (κ2) is 11.3. The van der Waals surface area contributed by atoms with Crippen LogP contribution in [-0.4, -0.2) is 9.13 Å². The van der Waals surface area contributed by atoms with Gasteiger partial charge in [0.15, 0.2) is 0 Å². The summed E-state index contributed by atoms with van der Waals surface area (Å²) in [7, 11) is 0. The van der Waals surface area contributed by atoms with Crippen LogP contribution in [0.2, 0.25) is 0 Å². The number of para-hydroxylation sites is 2. The van der Waals surface area contributed by atoms with Crippen molar-refractivity contribution in [1.82, 2.24) is 9.13 Å². The zero-order valence-electron chi connectivity index (χ0n) is 28.4. The lowest BCUT2D eigenvalue weighted by molar-refractivity contribution is 1.18. The first-order valence-corrected chi connectivity index (χ1v) is 17.9. The van der Waals surface area contributed by atoms with Crippen LogP contribution in [0, 0.1) is 0 Å². The Bertz CT molecular complexity index is 3160. The molecule has 0 unspecified atom stereocenters. The molecule has 0 atom stereocenters. The average Bonchev–Trinajstić information content (AvgIpc) is 3.72. The molecule has 0 aliphatic heterocycles. The first kappa shape index (κ1) is 28.9. The SMILES string of the molecule is c1ccc(-c2ccc(-n3c4ccccc4c4ccc(-c5c6ccccc6cc6c7ccccc7n(-c7cccc8ccccc78)c56)cc43)cc2)cc1. The largest absolute Gasteiger partial charge is 0.309 e. The minimum Gasteiger partial charge on any atom is -0.309 e. The third-order valence-electron chi connectivity index (χ3n) is 10.9. The van der Waals surface area contributed by atoms with Crippen LogP contribution < -0.4 is 0 Å². The number of fused-ring (bicyclic) bond motifs is 8. The number of hydrogen-bond acceptors (Lipinski definition) is 0. The summed E-state index contributed by atoms with van der Waals surface area (Å²) in [6.45, 7) is 0. The Balaban J connectivity index is 1.24. The Morgan fingerprint density at radius 3 is 1.63 bits per heavy atom. The van der Waals surface area contributed by atoms with E-state index in [-0.39, 0.29) is 0 Å². The fourth-order valence-electron chi connectivity index (χ4n) is 8.57. The predicted octanol–water partition coefficient (Wildman–Crippen LogP) is 13.5. The zero-order valence-corrected chi connectivity index (χ0v) is 28.4. The van der Waals surface area contributed by atoms with Crippen molar-refractivity contribution in [3.63, 3.8) is 0 Å². The van der Waals surface area contributed by atoms with Gasteiger partial charge in [0.1, 0.15) is 0 Å². The Hall–Kier alpha value is -6.90. The quantitative estimate of drug-likeness (QED) is 0.178. The van der Waals surface area contributed by atoms with E-state index in [1.807, 2.05) is 0 Å². The van der Waals surface area contributed by atoms with E-state index in [1.54, 1.807) is 0 Å². The molecule has 0 bridgehead atoms. The molecule has 9 aromatic carbocycles.